The first-order chi connectivity index (χ1) is 6.25. The highest BCUT2D eigenvalue weighted by Gasteiger charge is 2.21. The topological polar surface area (TPSA) is 58.6 Å². The SMILES string of the molecule is CC(N=CN)C(O)C1C=CC=CC1. The Morgan fingerprint density at radius 3 is 2.92 bits per heavy atom. The van der Waals surface area contributed by atoms with E-state index in [0.717, 1.165) is 6.42 Å². The van der Waals surface area contributed by atoms with Gasteiger partial charge >= 0.3 is 0 Å². The number of rotatable bonds is 3. The highest BCUT2D eigenvalue weighted by Crippen LogP contribution is 2.19. The Labute approximate surface area is 78.7 Å². The zero-order valence-electron chi connectivity index (χ0n) is 7.80. The minimum absolute atomic E-state index is 0.133. The van der Waals surface area contributed by atoms with Crippen molar-refractivity contribution in [2.45, 2.75) is 25.5 Å². The van der Waals surface area contributed by atoms with Gasteiger partial charge in [-0.3, -0.25) is 4.99 Å². The molecule has 1 aliphatic carbocycles. The van der Waals surface area contributed by atoms with Gasteiger partial charge in [-0.1, -0.05) is 24.3 Å². The third kappa shape index (κ3) is 2.70. The maximum absolute atomic E-state index is 9.82. The zero-order chi connectivity index (χ0) is 9.68. The van der Waals surface area contributed by atoms with E-state index in [9.17, 15) is 5.11 Å². The maximum atomic E-state index is 9.82. The van der Waals surface area contributed by atoms with Crippen LogP contribution in [0.4, 0.5) is 0 Å². The lowest BCUT2D eigenvalue weighted by atomic mass is 9.91. The molecule has 0 aromatic heterocycles. The summed E-state index contributed by atoms with van der Waals surface area (Å²) in [4.78, 5) is 3.94. The summed E-state index contributed by atoms with van der Waals surface area (Å²) in [5.41, 5.74) is 5.16. The highest BCUT2D eigenvalue weighted by atomic mass is 16.3. The fourth-order valence-electron chi connectivity index (χ4n) is 1.43. The van der Waals surface area contributed by atoms with Gasteiger partial charge in [0.05, 0.1) is 18.5 Å². The number of allylic oxidation sites excluding steroid dienone is 3. The second kappa shape index (κ2) is 4.82. The molecule has 0 aliphatic heterocycles. The van der Waals surface area contributed by atoms with Crippen molar-refractivity contribution in [3.63, 3.8) is 0 Å². The molecule has 0 bridgehead atoms. The van der Waals surface area contributed by atoms with Crippen molar-refractivity contribution in [1.29, 1.82) is 0 Å². The van der Waals surface area contributed by atoms with Crippen molar-refractivity contribution in [3.05, 3.63) is 24.3 Å². The summed E-state index contributed by atoms with van der Waals surface area (Å²) in [7, 11) is 0. The van der Waals surface area contributed by atoms with Crippen LogP contribution in [0.2, 0.25) is 0 Å². The van der Waals surface area contributed by atoms with Gasteiger partial charge in [-0.2, -0.15) is 0 Å². The molecule has 0 aromatic carbocycles. The lowest BCUT2D eigenvalue weighted by Gasteiger charge is -2.23. The van der Waals surface area contributed by atoms with E-state index in [1.807, 2.05) is 31.2 Å². The number of aliphatic hydroxyl groups is 1. The summed E-state index contributed by atoms with van der Waals surface area (Å²) in [5, 5.41) is 9.82. The number of hydrogen-bond donors (Lipinski definition) is 2. The van der Waals surface area contributed by atoms with Gasteiger partial charge < -0.3 is 10.8 Å². The molecule has 72 valence electrons. The third-order valence-electron chi connectivity index (χ3n) is 2.27. The van der Waals surface area contributed by atoms with Crippen molar-refractivity contribution < 1.29 is 5.11 Å². The molecular formula is C10H16N2O. The van der Waals surface area contributed by atoms with Crippen LogP contribution in [-0.2, 0) is 0 Å². The van der Waals surface area contributed by atoms with Crippen LogP contribution >= 0.6 is 0 Å². The molecule has 1 aliphatic rings. The molecule has 3 heteroatoms. The Morgan fingerprint density at radius 1 is 1.62 bits per heavy atom. The first kappa shape index (κ1) is 9.99. The van der Waals surface area contributed by atoms with Gasteiger partial charge in [0.15, 0.2) is 0 Å². The largest absolute Gasteiger partial charge is 0.390 e. The van der Waals surface area contributed by atoms with Gasteiger partial charge in [0.2, 0.25) is 0 Å². The normalized spacial score (nSPS) is 26.5. The number of nitrogens with zero attached hydrogens (tertiary/aromatic N) is 1. The van der Waals surface area contributed by atoms with Gasteiger partial charge in [0, 0.05) is 5.92 Å². The van der Waals surface area contributed by atoms with E-state index in [1.54, 1.807) is 0 Å². The minimum atomic E-state index is -0.444. The van der Waals surface area contributed by atoms with E-state index in [2.05, 4.69) is 4.99 Å². The summed E-state index contributed by atoms with van der Waals surface area (Å²) in [6.07, 6.45) is 9.68. The Balaban J connectivity index is 2.51. The number of aliphatic imine (C=N–C) groups is 1. The average Bonchev–Trinajstić information content (AvgIpc) is 2.18. The maximum Gasteiger partial charge on any atom is 0.0826 e. The van der Waals surface area contributed by atoms with Crippen LogP contribution < -0.4 is 5.73 Å². The van der Waals surface area contributed by atoms with Crippen molar-refractivity contribution in [2.75, 3.05) is 0 Å². The predicted molar refractivity (Wildman–Crippen MR) is 54.5 cm³/mol. The van der Waals surface area contributed by atoms with E-state index in [0.29, 0.717) is 0 Å². The van der Waals surface area contributed by atoms with Crippen molar-refractivity contribution in [2.24, 2.45) is 16.6 Å². The number of aliphatic hydroxyl groups excluding tert-OH is 1. The van der Waals surface area contributed by atoms with Crippen LogP contribution in [0, 0.1) is 5.92 Å². The van der Waals surface area contributed by atoms with Crippen LogP contribution in [0.3, 0.4) is 0 Å². The molecule has 3 atom stereocenters. The van der Waals surface area contributed by atoms with E-state index >= 15 is 0 Å². The fraction of sp³-hybridized carbons (Fsp3) is 0.500. The van der Waals surface area contributed by atoms with E-state index in [4.69, 9.17) is 5.73 Å². The molecule has 0 radical (unpaired) electrons. The number of nitrogens with two attached hydrogens (primary N) is 1. The van der Waals surface area contributed by atoms with Crippen LogP contribution in [-0.4, -0.2) is 23.6 Å². The smallest absolute Gasteiger partial charge is 0.0826 e. The second-order valence-corrected chi connectivity index (χ2v) is 3.24. The molecule has 0 amide bonds. The van der Waals surface area contributed by atoms with E-state index in [-0.39, 0.29) is 12.0 Å². The molecule has 1 rings (SSSR count). The van der Waals surface area contributed by atoms with E-state index in [1.165, 1.54) is 6.34 Å². The summed E-state index contributed by atoms with van der Waals surface area (Å²) < 4.78 is 0. The van der Waals surface area contributed by atoms with Crippen LogP contribution in [0.5, 0.6) is 0 Å². The third-order valence-corrected chi connectivity index (χ3v) is 2.27. The van der Waals surface area contributed by atoms with Gasteiger partial charge in [-0.05, 0) is 13.3 Å². The summed E-state index contributed by atoms with van der Waals surface area (Å²) in [6.45, 7) is 1.86. The molecule has 0 spiro atoms. The molecular weight excluding hydrogens is 164 g/mol. The van der Waals surface area contributed by atoms with Gasteiger partial charge in [0.25, 0.3) is 0 Å². The van der Waals surface area contributed by atoms with Gasteiger partial charge in [-0.15, -0.1) is 0 Å². The fourth-order valence-corrected chi connectivity index (χ4v) is 1.43. The molecule has 13 heavy (non-hydrogen) atoms. The second-order valence-electron chi connectivity index (χ2n) is 3.24. The van der Waals surface area contributed by atoms with E-state index < -0.39 is 6.10 Å². The Morgan fingerprint density at radius 2 is 2.38 bits per heavy atom. The summed E-state index contributed by atoms with van der Waals surface area (Å²) in [5.74, 6) is 0.170. The Bertz CT molecular complexity index is 233. The molecule has 0 aromatic rings. The quantitative estimate of drug-likeness (QED) is 0.500. The minimum Gasteiger partial charge on any atom is -0.390 e. The summed E-state index contributed by atoms with van der Waals surface area (Å²) >= 11 is 0. The summed E-state index contributed by atoms with van der Waals surface area (Å²) in [6, 6.07) is -0.133. The van der Waals surface area contributed by atoms with Gasteiger partial charge in [0.1, 0.15) is 0 Å². The highest BCUT2D eigenvalue weighted by molar-refractivity contribution is 5.51. The first-order valence-corrected chi connectivity index (χ1v) is 4.50. The van der Waals surface area contributed by atoms with Crippen LogP contribution in [0.15, 0.2) is 29.3 Å². The standard InChI is InChI=1S/C10H16N2O/c1-8(12-7-11)10(13)9-5-3-2-4-6-9/h2-5,7-10,13H,6H2,1H3,(H2,11,12). The molecule has 0 saturated heterocycles. The molecule has 3 nitrogen and oxygen atoms in total. The average molecular weight is 180 g/mol. The van der Waals surface area contributed by atoms with Crippen molar-refractivity contribution in [1.82, 2.24) is 0 Å². The van der Waals surface area contributed by atoms with Crippen LogP contribution in [0.25, 0.3) is 0 Å². The zero-order valence-corrected chi connectivity index (χ0v) is 7.80. The van der Waals surface area contributed by atoms with Gasteiger partial charge in [-0.25, -0.2) is 0 Å². The predicted octanol–water partition coefficient (Wildman–Crippen LogP) is 0.855. The molecule has 0 heterocycles. The Hall–Kier alpha value is -1.09. The lowest BCUT2D eigenvalue weighted by molar-refractivity contribution is 0.110. The molecule has 0 fully saturated rings. The lowest BCUT2D eigenvalue weighted by Crippen LogP contribution is -2.29. The monoisotopic (exact) mass is 180 g/mol. The van der Waals surface area contributed by atoms with Crippen molar-refractivity contribution >= 4 is 6.34 Å². The Kier molecular flexibility index (Phi) is 3.71. The number of hydrogen-bond acceptors (Lipinski definition) is 2. The van der Waals surface area contributed by atoms with Crippen molar-refractivity contribution in [3.8, 4) is 0 Å². The first-order valence-electron chi connectivity index (χ1n) is 4.50. The molecule has 3 N–H and O–H groups in total. The van der Waals surface area contributed by atoms with Crippen LogP contribution in [0.1, 0.15) is 13.3 Å². The molecule has 3 unspecified atom stereocenters. The molecule has 0 saturated carbocycles.